The van der Waals surface area contributed by atoms with Gasteiger partial charge >= 0.3 is 0 Å². The van der Waals surface area contributed by atoms with Crippen molar-refractivity contribution in [3.05, 3.63) is 70.0 Å². The van der Waals surface area contributed by atoms with Gasteiger partial charge in [0.25, 0.3) is 5.91 Å². The zero-order chi connectivity index (χ0) is 20.5. The molecule has 1 unspecified atom stereocenters. The zero-order valence-electron chi connectivity index (χ0n) is 15.9. The van der Waals surface area contributed by atoms with Crippen molar-refractivity contribution in [2.75, 3.05) is 13.1 Å². The van der Waals surface area contributed by atoms with Crippen molar-refractivity contribution in [3.63, 3.8) is 0 Å². The van der Waals surface area contributed by atoms with Crippen LogP contribution in [-0.4, -0.2) is 43.6 Å². The van der Waals surface area contributed by atoms with Gasteiger partial charge in [0.1, 0.15) is 5.82 Å². The summed E-state index contributed by atoms with van der Waals surface area (Å²) < 4.78 is 15.4. The van der Waals surface area contributed by atoms with Crippen LogP contribution in [0.2, 0.25) is 0 Å². The average molecular weight is 440 g/mol. The molecule has 1 amide bonds. The van der Waals surface area contributed by atoms with E-state index < -0.39 is 0 Å². The van der Waals surface area contributed by atoms with E-state index in [4.69, 9.17) is 0 Å². The number of hydrogen-bond acceptors (Lipinski definition) is 6. The second-order valence-electron chi connectivity index (χ2n) is 7.09. The van der Waals surface area contributed by atoms with E-state index in [2.05, 4.69) is 15.1 Å². The van der Waals surface area contributed by atoms with Crippen LogP contribution in [0.15, 0.2) is 53.4 Å². The molecule has 0 N–H and O–H groups in total. The Morgan fingerprint density at radius 1 is 1.17 bits per heavy atom. The van der Waals surface area contributed by atoms with E-state index in [0.717, 1.165) is 22.7 Å². The monoisotopic (exact) mass is 439 g/mol. The molecule has 0 spiro atoms. The van der Waals surface area contributed by atoms with Crippen LogP contribution < -0.4 is 0 Å². The molecule has 0 radical (unpaired) electrons. The molecule has 1 fully saturated rings. The summed E-state index contributed by atoms with van der Waals surface area (Å²) in [7, 11) is 0. The summed E-state index contributed by atoms with van der Waals surface area (Å²) in [4.78, 5) is 24.9. The lowest BCUT2D eigenvalue weighted by molar-refractivity contribution is 0.0694. The standard InChI is InChI=1S/C21H18FN5OS2/c22-15-5-1-6-16(12-15)27-19(17-7-3-10-29-17)24-18(25-27)21(28)26-9-2-4-14(13-26)20-23-8-11-30-20/h1,3,5-8,10-12,14H,2,4,9,13H2. The highest BCUT2D eigenvalue weighted by atomic mass is 32.1. The number of piperidine rings is 1. The second kappa shape index (κ2) is 8.08. The Labute approximate surface area is 180 Å². The van der Waals surface area contributed by atoms with E-state index in [9.17, 15) is 9.18 Å². The van der Waals surface area contributed by atoms with Gasteiger partial charge < -0.3 is 4.90 Å². The van der Waals surface area contributed by atoms with Gasteiger partial charge in [-0.3, -0.25) is 4.79 Å². The highest BCUT2D eigenvalue weighted by Crippen LogP contribution is 2.30. The summed E-state index contributed by atoms with van der Waals surface area (Å²) >= 11 is 3.12. The molecule has 1 aromatic carbocycles. The minimum absolute atomic E-state index is 0.127. The average Bonchev–Trinajstić information content (AvgIpc) is 3.54. The molecule has 0 aliphatic carbocycles. The maximum absolute atomic E-state index is 13.8. The third-order valence-electron chi connectivity index (χ3n) is 5.10. The highest BCUT2D eigenvalue weighted by Gasteiger charge is 2.30. The van der Waals surface area contributed by atoms with Gasteiger partial charge in [-0.15, -0.1) is 27.8 Å². The van der Waals surface area contributed by atoms with Crippen molar-refractivity contribution in [2.45, 2.75) is 18.8 Å². The number of aromatic nitrogens is 4. The number of carbonyl (C=O) groups excluding carboxylic acids is 1. The van der Waals surface area contributed by atoms with Gasteiger partial charge in [-0.05, 0) is 42.5 Å². The van der Waals surface area contributed by atoms with Crippen LogP contribution in [0.4, 0.5) is 4.39 Å². The van der Waals surface area contributed by atoms with Crippen molar-refractivity contribution >= 4 is 28.6 Å². The molecule has 152 valence electrons. The molecule has 4 heterocycles. The number of halogens is 1. The lowest BCUT2D eigenvalue weighted by atomic mass is 9.98. The molecular formula is C21H18FN5OS2. The molecule has 1 saturated heterocycles. The Bertz CT molecular complexity index is 1160. The summed E-state index contributed by atoms with van der Waals surface area (Å²) in [5.41, 5.74) is 0.532. The number of hydrogen-bond donors (Lipinski definition) is 0. The first-order valence-electron chi connectivity index (χ1n) is 9.64. The SMILES string of the molecule is O=C(c1nc(-c2cccs2)n(-c2cccc(F)c2)n1)N1CCCC(c2nccs2)C1. The van der Waals surface area contributed by atoms with Gasteiger partial charge in [-0.2, -0.15) is 0 Å². The van der Waals surface area contributed by atoms with Gasteiger partial charge in [0.2, 0.25) is 5.82 Å². The summed E-state index contributed by atoms with van der Waals surface area (Å²) in [5.74, 6) is 0.333. The number of benzene rings is 1. The van der Waals surface area contributed by atoms with E-state index in [1.165, 1.54) is 23.5 Å². The Hall–Kier alpha value is -2.91. The van der Waals surface area contributed by atoms with Crippen molar-refractivity contribution in [2.24, 2.45) is 0 Å². The molecule has 4 aromatic rings. The number of thiophene rings is 1. The van der Waals surface area contributed by atoms with Crippen molar-refractivity contribution in [1.29, 1.82) is 0 Å². The topological polar surface area (TPSA) is 63.9 Å². The molecule has 6 nitrogen and oxygen atoms in total. The Kier molecular flexibility index (Phi) is 5.14. The Morgan fingerprint density at radius 3 is 2.87 bits per heavy atom. The maximum Gasteiger partial charge on any atom is 0.293 e. The number of amides is 1. The third kappa shape index (κ3) is 3.66. The maximum atomic E-state index is 13.8. The minimum atomic E-state index is -0.365. The summed E-state index contributed by atoms with van der Waals surface area (Å²) in [5, 5.41) is 9.44. The van der Waals surface area contributed by atoms with Crippen LogP contribution in [-0.2, 0) is 0 Å². The van der Waals surface area contributed by atoms with E-state index >= 15 is 0 Å². The van der Waals surface area contributed by atoms with Crippen LogP contribution in [0.3, 0.4) is 0 Å². The normalized spacial score (nSPS) is 16.7. The summed E-state index contributed by atoms with van der Waals surface area (Å²) in [6.45, 7) is 1.28. The van der Waals surface area contributed by atoms with E-state index in [1.807, 2.05) is 22.9 Å². The van der Waals surface area contributed by atoms with E-state index in [1.54, 1.807) is 39.2 Å². The number of likely N-dealkylation sites (tertiary alicyclic amines) is 1. The molecule has 1 aliphatic heterocycles. The van der Waals surface area contributed by atoms with Gasteiger partial charge in [0.05, 0.1) is 15.6 Å². The molecular weight excluding hydrogens is 421 g/mol. The molecule has 5 rings (SSSR count). The predicted octanol–water partition coefficient (Wildman–Crippen LogP) is 4.61. The summed E-state index contributed by atoms with van der Waals surface area (Å²) in [6.07, 6.45) is 3.73. The fourth-order valence-electron chi connectivity index (χ4n) is 3.70. The fraction of sp³-hybridized carbons (Fsp3) is 0.238. The number of nitrogens with zero attached hydrogens (tertiary/aromatic N) is 5. The first-order valence-corrected chi connectivity index (χ1v) is 11.4. The first-order chi connectivity index (χ1) is 14.7. The van der Waals surface area contributed by atoms with Crippen LogP contribution in [0.25, 0.3) is 16.4 Å². The third-order valence-corrected chi connectivity index (χ3v) is 6.91. The molecule has 3 aromatic heterocycles. The lowest BCUT2D eigenvalue weighted by Gasteiger charge is -2.31. The molecule has 30 heavy (non-hydrogen) atoms. The van der Waals surface area contributed by atoms with Gasteiger partial charge in [-0.1, -0.05) is 12.1 Å². The van der Waals surface area contributed by atoms with Crippen LogP contribution in [0.1, 0.15) is 34.4 Å². The van der Waals surface area contributed by atoms with Gasteiger partial charge in [0, 0.05) is 30.6 Å². The lowest BCUT2D eigenvalue weighted by Crippen LogP contribution is -2.39. The fourth-order valence-corrected chi connectivity index (χ4v) is 5.16. The number of carbonyl (C=O) groups is 1. The van der Waals surface area contributed by atoms with Gasteiger partial charge in [0.15, 0.2) is 5.82 Å². The summed E-state index contributed by atoms with van der Waals surface area (Å²) in [6, 6.07) is 9.97. The van der Waals surface area contributed by atoms with E-state index in [0.29, 0.717) is 24.6 Å². The Balaban J connectivity index is 1.48. The molecule has 0 bridgehead atoms. The zero-order valence-corrected chi connectivity index (χ0v) is 17.6. The van der Waals surface area contributed by atoms with Crippen LogP contribution >= 0.6 is 22.7 Å². The molecule has 0 saturated carbocycles. The number of rotatable bonds is 4. The Morgan fingerprint density at radius 2 is 2.10 bits per heavy atom. The van der Waals surface area contributed by atoms with Crippen molar-refractivity contribution in [1.82, 2.24) is 24.6 Å². The quantitative estimate of drug-likeness (QED) is 0.466. The first kappa shape index (κ1) is 19.1. The smallest absolute Gasteiger partial charge is 0.293 e. The largest absolute Gasteiger partial charge is 0.335 e. The van der Waals surface area contributed by atoms with E-state index in [-0.39, 0.29) is 23.5 Å². The molecule has 1 atom stereocenters. The number of thiazole rings is 1. The van der Waals surface area contributed by atoms with Gasteiger partial charge in [-0.25, -0.2) is 19.0 Å². The predicted molar refractivity (Wildman–Crippen MR) is 115 cm³/mol. The van der Waals surface area contributed by atoms with Crippen LogP contribution in [0.5, 0.6) is 0 Å². The molecule has 9 heteroatoms. The minimum Gasteiger partial charge on any atom is -0.335 e. The van der Waals surface area contributed by atoms with Crippen molar-refractivity contribution < 1.29 is 9.18 Å². The van der Waals surface area contributed by atoms with Crippen molar-refractivity contribution in [3.8, 4) is 16.4 Å². The second-order valence-corrected chi connectivity index (χ2v) is 8.96. The molecule has 1 aliphatic rings. The van der Waals surface area contributed by atoms with Crippen LogP contribution in [0, 0.1) is 5.82 Å². The highest BCUT2D eigenvalue weighted by molar-refractivity contribution is 7.13.